The van der Waals surface area contributed by atoms with Crippen LogP contribution in [0.5, 0.6) is 0 Å². The van der Waals surface area contributed by atoms with E-state index in [0.717, 1.165) is 44.5 Å². The van der Waals surface area contributed by atoms with Crippen molar-refractivity contribution in [2.45, 2.75) is 0 Å². The van der Waals surface area contributed by atoms with Gasteiger partial charge in [-0.25, -0.2) is 4.98 Å². The monoisotopic (exact) mass is 335 g/mol. The first-order valence-corrected chi connectivity index (χ1v) is 8.72. The molecular weight excluding hydrogens is 310 g/mol. The van der Waals surface area contributed by atoms with Gasteiger partial charge in [0, 0.05) is 45.5 Å². The number of nitrogens with one attached hydrogen (secondary N) is 1. The van der Waals surface area contributed by atoms with Crippen molar-refractivity contribution in [3.63, 3.8) is 0 Å². The molecule has 0 spiro atoms. The van der Waals surface area contributed by atoms with Gasteiger partial charge in [-0.2, -0.15) is 4.98 Å². The summed E-state index contributed by atoms with van der Waals surface area (Å²) in [7, 11) is 0. The highest BCUT2D eigenvalue weighted by Gasteiger charge is 2.18. The van der Waals surface area contributed by atoms with E-state index in [4.69, 9.17) is 0 Å². The number of nitrogens with zero attached hydrogens (tertiary/aromatic N) is 4. The molecular formula is C20H25N5. The van der Waals surface area contributed by atoms with Gasteiger partial charge in [0.2, 0.25) is 5.95 Å². The van der Waals surface area contributed by atoms with Crippen molar-refractivity contribution >= 4 is 17.8 Å². The minimum atomic E-state index is 0.706. The Kier molecular flexibility index (Phi) is 6.17. The quantitative estimate of drug-likeness (QED) is 0.788. The van der Waals surface area contributed by atoms with Gasteiger partial charge in [-0.15, -0.1) is 6.58 Å². The van der Waals surface area contributed by atoms with E-state index >= 15 is 0 Å². The Bertz CT molecular complexity index is 690. The SMILES string of the molecule is C=CCNc1ccnc(N2CCN(C/C=C/c3ccccc3)CC2)n1. The van der Waals surface area contributed by atoms with Crippen molar-refractivity contribution in [3.8, 4) is 0 Å². The van der Waals surface area contributed by atoms with Crippen LogP contribution in [-0.2, 0) is 0 Å². The molecule has 3 rings (SSSR count). The third-order valence-electron chi connectivity index (χ3n) is 4.20. The minimum Gasteiger partial charge on any atom is -0.366 e. The maximum Gasteiger partial charge on any atom is 0.227 e. The molecule has 1 saturated heterocycles. The lowest BCUT2D eigenvalue weighted by Crippen LogP contribution is -2.47. The summed E-state index contributed by atoms with van der Waals surface area (Å²) >= 11 is 0. The fourth-order valence-electron chi connectivity index (χ4n) is 2.81. The van der Waals surface area contributed by atoms with Crippen LogP contribution in [0.25, 0.3) is 6.08 Å². The molecule has 5 heteroatoms. The zero-order chi connectivity index (χ0) is 17.3. The summed E-state index contributed by atoms with van der Waals surface area (Å²) in [6, 6.07) is 12.3. The molecule has 0 radical (unpaired) electrons. The highest BCUT2D eigenvalue weighted by atomic mass is 15.3. The largest absolute Gasteiger partial charge is 0.366 e. The van der Waals surface area contributed by atoms with Crippen molar-refractivity contribution in [2.75, 3.05) is 49.5 Å². The summed E-state index contributed by atoms with van der Waals surface area (Å²) in [6.07, 6.45) is 8.05. The van der Waals surface area contributed by atoms with Crippen molar-refractivity contribution < 1.29 is 0 Å². The van der Waals surface area contributed by atoms with Gasteiger partial charge in [0.1, 0.15) is 5.82 Å². The van der Waals surface area contributed by atoms with Crippen molar-refractivity contribution in [2.24, 2.45) is 0 Å². The molecule has 0 aliphatic carbocycles. The fraction of sp³-hybridized carbons (Fsp3) is 0.300. The summed E-state index contributed by atoms with van der Waals surface area (Å²) in [4.78, 5) is 13.7. The second kappa shape index (κ2) is 8.99. The van der Waals surface area contributed by atoms with Crippen LogP contribution in [0.2, 0.25) is 0 Å². The standard InChI is InChI=1S/C20H25N5/c1-2-11-21-19-10-12-22-20(23-19)25-16-14-24(15-17-25)13-6-9-18-7-4-3-5-8-18/h2-10,12H,1,11,13-17H2,(H,21,22,23)/b9-6+. The Balaban J connectivity index is 1.48. The summed E-state index contributed by atoms with van der Waals surface area (Å²) in [6.45, 7) is 9.33. The van der Waals surface area contributed by atoms with E-state index in [0.29, 0.717) is 6.54 Å². The zero-order valence-corrected chi connectivity index (χ0v) is 14.5. The fourth-order valence-corrected chi connectivity index (χ4v) is 2.81. The highest BCUT2D eigenvalue weighted by molar-refractivity contribution is 5.48. The van der Waals surface area contributed by atoms with Crippen LogP contribution in [-0.4, -0.2) is 54.1 Å². The molecule has 0 atom stereocenters. The zero-order valence-electron chi connectivity index (χ0n) is 14.5. The van der Waals surface area contributed by atoms with Crippen LogP contribution < -0.4 is 10.2 Å². The molecule has 0 amide bonds. The van der Waals surface area contributed by atoms with Gasteiger partial charge in [-0.05, 0) is 11.6 Å². The molecule has 0 bridgehead atoms. The van der Waals surface area contributed by atoms with Gasteiger partial charge in [0.05, 0.1) is 0 Å². The summed E-state index contributed by atoms with van der Waals surface area (Å²) in [5.74, 6) is 1.65. The normalized spacial score (nSPS) is 15.4. The first kappa shape index (κ1) is 17.2. The lowest BCUT2D eigenvalue weighted by atomic mass is 10.2. The molecule has 1 aromatic carbocycles. The molecule has 1 fully saturated rings. The molecule has 2 aromatic rings. The lowest BCUT2D eigenvalue weighted by molar-refractivity contribution is 0.283. The smallest absolute Gasteiger partial charge is 0.227 e. The molecule has 0 unspecified atom stereocenters. The summed E-state index contributed by atoms with van der Waals surface area (Å²) in [5.41, 5.74) is 1.25. The summed E-state index contributed by atoms with van der Waals surface area (Å²) < 4.78 is 0. The first-order valence-electron chi connectivity index (χ1n) is 8.72. The van der Waals surface area contributed by atoms with E-state index in [1.54, 1.807) is 0 Å². The Labute approximate surface area is 149 Å². The average Bonchev–Trinajstić information content (AvgIpc) is 2.68. The number of hydrogen-bond donors (Lipinski definition) is 1. The molecule has 5 nitrogen and oxygen atoms in total. The lowest BCUT2D eigenvalue weighted by Gasteiger charge is -2.34. The Morgan fingerprint density at radius 2 is 1.88 bits per heavy atom. The van der Waals surface area contributed by atoms with Gasteiger partial charge in [-0.3, -0.25) is 4.90 Å². The van der Waals surface area contributed by atoms with Gasteiger partial charge >= 0.3 is 0 Å². The maximum absolute atomic E-state index is 4.58. The number of anilines is 2. The van der Waals surface area contributed by atoms with E-state index in [1.165, 1.54) is 5.56 Å². The van der Waals surface area contributed by atoms with Crippen molar-refractivity contribution in [1.82, 2.24) is 14.9 Å². The van der Waals surface area contributed by atoms with Gasteiger partial charge in [0.15, 0.2) is 0 Å². The van der Waals surface area contributed by atoms with Gasteiger partial charge in [0.25, 0.3) is 0 Å². The van der Waals surface area contributed by atoms with Crippen LogP contribution >= 0.6 is 0 Å². The van der Waals surface area contributed by atoms with E-state index in [2.05, 4.69) is 68.1 Å². The van der Waals surface area contributed by atoms with Crippen LogP contribution in [0.3, 0.4) is 0 Å². The van der Waals surface area contributed by atoms with E-state index < -0.39 is 0 Å². The second-order valence-corrected chi connectivity index (χ2v) is 6.01. The van der Waals surface area contributed by atoms with E-state index in [9.17, 15) is 0 Å². The molecule has 1 aromatic heterocycles. The molecule has 1 aliphatic heterocycles. The number of aromatic nitrogens is 2. The Morgan fingerprint density at radius 1 is 1.08 bits per heavy atom. The van der Waals surface area contributed by atoms with Crippen LogP contribution in [0.4, 0.5) is 11.8 Å². The number of hydrogen-bond acceptors (Lipinski definition) is 5. The molecule has 130 valence electrons. The first-order chi connectivity index (χ1) is 12.3. The molecule has 1 N–H and O–H groups in total. The van der Waals surface area contributed by atoms with Crippen molar-refractivity contribution in [1.29, 1.82) is 0 Å². The van der Waals surface area contributed by atoms with Crippen LogP contribution in [0, 0.1) is 0 Å². The molecule has 0 saturated carbocycles. The highest BCUT2D eigenvalue weighted by Crippen LogP contribution is 2.13. The molecule has 25 heavy (non-hydrogen) atoms. The van der Waals surface area contributed by atoms with Crippen molar-refractivity contribution in [3.05, 3.63) is 66.9 Å². The molecule has 2 heterocycles. The average molecular weight is 335 g/mol. The predicted octanol–water partition coefficient (Wildman–Crippen LogP) is 2.91. The number of piperazine rings is 1. The van der Waals surface area contributed by atoms with Crippen LogP contribution in [0.1, 0.15) is 5.56 Å². The van der Waals surface area contributed by atoms with Gasteiger partial charge in [-0.1, -0.05) is 48.6 Å². The van der Waals surface area contributed by atoms with Crippen LogP contribution in [0.15, 0.2) is 61.3 Å². The number of benzene rings is 1. The third-order valence-corrected chi connectivity index (χ3v) is 4.20. The summed E-state index contributed by atoms with van der Waals surface area (Å²) in [5, 5.41) is 3.21. The van der Waals surface area contributed by atoms with E-state index in [1.807, 2.05) is 24.4 Å². The second-order valence-electron chi connectivity index (χ2n) is 6.01. The Hall–Kier alpha value is -2.66. The number of rotatable bonds is 7. The predicted molar refractivity (Wildman–Crippen MR) is 105 cm³/mol. The third kappa shape index (κ3) is 5.16. The minimum absolute atomic E-state index is 0.706. The maximum atomic E-state index is 4.58. The topological polar surface area (TPSA) is 44.3 Å². The molecule has 1 aliphatic rings. The van der Waals surface area contributed by atoms with E-state index in [-0.39, 0.29) is 0 Å². The Morgan fingerprint density at radius 3 is 2.64 bits per heavy atom. The van der Waals surface area contributed by atoms with Gasteiger partial charge < -0.3 is 10.2 Å².